The zero-order valence-electron chi connectivity index (χ0n) is 29.1. The lowest BCUT2D eigenvalue weighted by Crippen LogP contribution is -2.08. The van der Waals surface area contributed by atoms with E-state index in [1.165, 1.54) is 96.3 Å². The van der Waals surface area contributed by atoms with Crippen molar-refractivity contribution in [3.05, 3.63) is 78.4 Å². The Labute approximate surface area is 284 Å². The van der Waals surface area contributed by atoms with Gasteiger partial charge in [-0.25, -0.2) is 4.79 Å². The fourth-order valence-electron chi connectivity index (χ4n) is 5.33. The summed E-state index contributed by atoms with van der Waals surface area (Å²) in [7, 11) is 0. The molecule has 47 heavy (non-hydrogen) atoms. The van der Waals surface area contributed by atoms with Gasteiger partial charge in [-0.3, -0.25) is 0 Å². The minimum atomic E-state index is -0.412. The third-order valence-corrected chi connectivity index (χ3v) is 8.29. The van der Waals surface area contributed by atoms with Crippen LogP contribution in [-0.2, 0) is 0 Å². The van der Waals surface area contributed by atoms with Crippen LogP contribution in [0.25, 0.3) is 0 Å². The third-order valence-electron chi connectivity index (χ3n) is 8.29. The number of esters is 1. The van der Waals surface area contributed by atoms with E-state index in [1.807, 2.05) is 36.4 Å². The quantitative estimate of drug-likeness (QED) is 0.0378. The van der Waals surface area contributed by atoms with Gasteiger partial charge in [-0.05, 0) is 85.6 Å². The Morgan fingerprint density at radius 2 is 0.809 bits per heavy atom. The summed E-state index contributed by atoms with van der Waals surface area (Å²) in [6, 6.07) is 21.7. The standard InChI is InChI=1S/C41H58N2O4/c1-3-5-7-8-9-10-11-12-13-14-15-16-17-18-19-20-34-46-38-27-21-35(22-28-38)41(44)47-40-31-25-37(26-32-40)43-42-36-23-29-39(30-24-36)45-33-6-4-2/h21-32H,3-20,33-34H2,1-2H3. The van der Waals surface area contributed by atoms with Gasteiger partial charge in [0.1, 0.15) is 17.2 Å². The summed E-state index contributed by atoms with van der Waals surface area (Å²) in [6.07, 6.45) is 23.8. The number of nitrogens with zero attached hydrogens (tertiary/aromatic N) is 2. The summed E-state index contributed by atoms with van der Waals surface area (Å²) in [5, 5.41) is 8.55. The zero-order chi connectivity index (χ0) is 33.2. The van der Waals surface area contributed by atoms with Crippen LogP contribution in [-0.4, -0.2) is 19.2 Å². The van der Waals surface area contributed by atoms with Crippen molar-refractivity contribution < 1.29 is 19.0 Å². The maximum absolute atomic E-state index is 12.6. The molecule has 0 N–H and O–H groups in total. The molecule has 0 bridgehead atoms. The number of azo groups is 1. The Morgan fingerprint density at radius 1 is 0.447 bits per heavy atom. The molecule has 0 spiro atoms. The molecule has 0 aromatic heterocycles. The number of hydrogen-bond acceptors (Lipinski definition) is 6. The van der Waals surface area contributed by atoms with Gasteiger partial charge in [0.2, 0.25) is 0 Å². The van der Waals surface area contributed by atoms with Gasteiger partial charge in [0.25, 0.3) is 0 Å². The maximum atomic E-state index is 12.6. The Morgan fingerprint density at radius 3 is 1.26 bits per heavy atom. The topological polar surface area (TPSA) is 69.5 Å². The molecule has 0 atom stereocenters. The molecular weight excluding hydrogens is 584 g/mol. The van der Waals surface area contributed by atoms with Crippen LogP contribution in [0, 0.1) is 0 Å². The Bertz CT molecular complexity index is 1240. The van der Waals surface area contributed by atoms with E-state index in [2.05, 4.69) is 24.1 Å². The highest BCUT2D eigenvalue weighted by Gasteiger charge is 2.09. The van der Waals surface area contributed by atoms with Crippen LogP contribution < -0.4 is 14.2 Å². The normalized spacial score (nSPS) is 11.2. The first-order valence-corrected chi connectivity index (χ1v) is 18.4. The maximum Gasteiger partial charge on any atom is 0.343 e. The molecule has 0 aliphatic rings. The number of ether oxygens (including phenoxy) is 3. The molecule has 6 heteroatoms. The van der Waals surface area contributed by atoms with Gasteiger partial charge in [0.05, 0.1) is 30.2 Å². The number of hydrogen-bond donors (Lipinski definition) is 0. The summed E-state index contributed by atoms with van der Waals surface area (Å²) in [6.45, 7) is 5.84. The first-order chi connectivity index (χ1) is 23.2. The van der Waals surface area contributed by atoms with E-state index in [0.29, 0.717) is 30.2 Å². The van der Waals surface area contributed by atoms with Crippen molar-refractivity contribution in [1.82, 2.24) is 0 Å². The summed E-state index contributed by atoms with van der Waals surface area (Å²) in [5.41, 5.74) is 1.88. The SMILES string of the molecule is CCCCCCCCCCCCCCCCCCOc1ccc(C(=O)Oc2ccc(N=Nc3ccc(OCCCC)cc3)cc2)cc1. The number of unbranched alkanes of at least 4 members (excludes halogenated alkanes) is 16. The molecule has 0 aliphatic carbocycles. The van der Waals surface area contributed by atoms with Gasteiger partial charge in [-0.2, -0.15) is 10.2 Å². The second-order valence-corrected chi connectivity index (χ2v) is 12.5. The minimum Gasteiger partial charge on any atom is -0.494 e. The summed E-state index contributed by atoms with van der Waals surface area (Å²) < 4.78 is 17.1. The van der Waals surface area contributed by atoms with Crippen molar-refractivity contribution in [3.8, 4) is 17.2 Å². The molecule has 3 rings (SSSR count). The van der Waals surface area contributed by atoms with Crippen LogP contribution in [0.3, 0.4) is 0 Å². The van der Waals surface area contributed by atoms with Crippen LogP contribution in [0.4, 0.5) is 11.4 Å². The molecule has 0 saturated heterocycles. The van der Waals surface area contributed by atoms with E-state index in [0.717, 1.165) is 36.4 Å². The summed E-state index contributed by atoms with van der Waals surface area (Å²) >= 11 is 0. The monoisotopic (exact) mass is 642 g/mol. The van der Waals surface area contributed by atoms with E-state index in [4.69, 9.17) is 14.2 Å². The molecule has 0 unspecified atom stereocenters. The van der Waals surface area contributed by atoms with Crippen molar-refractivity contribution in [2.75, 3.05) is 13.2 Å². The molecule has 0 heterocycles. The molecule has 3 aromatic carbocycles. The highest BCUT2D eigenvalue weighted by Crippen LogP contribution is 2.24. The largest absolute Gasteiger partial charge is 0.494 e. The molecule has 0 fully saturated rings. The number of benzene rings is 3. The second-order valence-electron chi connectivity index (χ2n) is 12.5. The highest BCUT2D eigenvalue weighted by molar-refractivity contribution is 5.91. The summed E-state index contributed by atoms with van der Waals surface area (Å²) in [4.78, 5) is 12.6. The van der Waals surface area contributed by atoms with Crippen molar-refractivity contribution in [2.24, 2.45) is 10.2 Å². The van der Waals surface area contributed by atoms with Gasteiger partial charge >= 0.3 is 5.97 Å². The van der Waals surface area contributed by atoms with Gasteiger partial charge in [-0.1, -0.05) is 117 Å². The van der Waals surface area contributed by atoms with Crippen molar-refractivity contribution in [2.45, 2.75) is 129 Å². The Kier molecular flexibility index (Phi) is 19.7. The predicted octanol–water partition coefficient (Wildman–Crippen LogP) is 13.1. The molecular formula is C41H58N2O4. The number of rotatable bonds is 26. The zero-order valence-corrected chi connectivity index (χ0v) is 29.1. The minimum absolute atomic E-state index is 0.412. The Hall–Kier alpha value is -3.67. The van der Waals surface area contributed by atoms with E-state index in [9.17, 15) is 4.79 Å². The third kappa shape index (κ3) is 17.2. The lowest BCUT2D eigenvalue weighted by atomic mass is 10.0. The van der Waals surface area contributed by atoms with E-state index < -0.39 is 5.97 Å². The van der Waals surface area contributed by atoms with Crippen LogP contribution >= 0.6 is 0 Å². The van der Waals surface area contributed by atoms with Crippen LogP contribution in [0.5, 0.6) is 17.2 Å². The molecule has 0 saturated carbocycles. The Balaban J connectivity index is 1.22. The lowest BCUT2D eigenvalue weighted by Gasteiger charge is -2.08. The van der Waals surface area contributed by atoms with Gasteiger partial charge in [0, 0.05) is 0 Å². The average molecular weight is 643 g/mol. The smallest absolute Gasteiger partial charge is 0.343 e. The fraction of sp³-hybridized carbons (Fsp3) is 0.537. The molecule has 256 valence electrons. The highest BCUT2D eigenvalue weighted by atomic mass is 16.5. The van der Waals surface area contributed by atoms with Crippen LogP contribution in [0.15, 0.2) is 83.0 Å². The number of carbonyl (C=O) groups excluding carboxylic acids is 1. The fourth-order valence-corrected chi connectivity index (χ4v) is 5.33. The second kappa shape index (κ2) is 24.5. The lowest BCUT2D eigenvalue weighted by molar-refractivity contribution is 0.0734. The van der Waals surface area contributed by atoms with Gasteiger partial charge in [0.15, 0.2) is 0 Å². The van der Waals surface area contributed by atoms with E-state index in [-0.39, 0.29) is 0 Å². The van der Waals surface area contributed by atoms with Crippen LogP contribution in [0.1, 0.15) is 140 Å². The first-order valence-electron chi connectivity index (χ1n) is 18.4. The summed E-state index contributed by atoms with van der Waals surface area (Å²) in [5.74, 6) is 1.64. The molecule has 3 aromatic rings. The van der Waals surface area contributed by atoms with Crippen molar-refractivity contribution in [1.29, 1.82) is 0 Å². The average Bonchev–Trinajstić information content (AvgIpc) is 3.10. The molecule has 6 nitrogen and oxygen atoms in total. The van der Waals surface area contributed by atoms with Gasteiger partial charge in [-0.15, -0.1) is 0 Å². The number of carbonyl (C=O) groups is 1. The molecule has 0 aliphatic heterocycles. The van der Waals surface area contributed by atoms with Crippen molar-refractivity contribution in [3.63, 3.8) is 0 Å². The predicted molar refractivity (Wildman–Crippen MR) is 194 cm³/mol. The van der Waals surface area contributed by atoms with Crippen molar-refractivity contribution >= 4 is 17.3 Å². The molecule has 0 radical (unpaired) electrons. The van der Waals surface area contributed by atoms with E-state index >= 15 is 0 Å². The molecule has 0 amide bonds. The van der Waals surface area contributed by atoms with Gasteiger partial charge < -0.3 is 14.2 Å². The first kappa shape index (κ1) is 37.8. The van der Waals surface area contributed by atoms with Crippen LogP contribution in [0.2, 0.25) is 0 Å². The van der Waals surface area contributed by atoms with E-state index in [1.54, 1.807) is 36.4 Å².